The molecule has 3 rings (SSSR count). The number of carbonyl (C=O) groups excluding carboxylic acids is 3. The van der Waals surface area contributed by atoms with Crippen molar-refractivity contribution in [3.63, 3.8) is 0 Å². The van der Waals surface area contributed by atoms with Gasteiger partial charge in [-0.3, -0.25) is 14.4 Å². The van der Waals surface area contributed by atoms with Crippen LogP contribution in [0.15, 0.2) is 18.2 Å². The second kappa shape index (κ2) is 6.51. The third-order valence-electron chi connectivity index (χ3n) is 4.52. The molecule has 2 aliphatic rings. The number of carbonyl (C=O) groups is 3. The van der Waals surface area contributed by atoms with Crippen molar-refractivity contribution in [3.8, 4) is 5.75 Å². The Balaban J connectivity index is 1.78. The molecular formula is C17H21N3O4. The fourth-order valence-corrected chi connectivity index (χ4v) is 3.02. The molecule has 1 aromatic rings. The molecule has 1 saturated heterocycles. The lowest BCUT2D eigenvalue weighted by Crippen LogP contribution is -2.37. The van der Waals surface area contributed by atoms with E-state index in [-0.39, 0.29) is 24.3 Å². The van der Waals surface area contributed by atoms with E-state index in [2.05, 4.69) is 0 Å². The number of benzene rings is 1. The summed E-state index contributed by atoms with van der Waals surface area (Å²) in [6.07, 6.45) is 0.762. The van der Waals surface area contributed by atoms with Crippen LogP contribution in [0.25, 0.3) is 0 Å². The number of nitrogens with zero attached hydrogens (tertiary/aromatic N) is 3. The van der Waals surface area contributed by atoms with Crippen LogP contribution in [0.5, 0.6) is 5.75 Å². The van der Waals surface area contributed by atoms with Gasteiger partial charge in [0, 0.05) is 45.7 Å². The van der Waals surface area contributed by atoms with E-state index in [1.54, 1.807) is 42.0 Å². The van der Waals surface area contributed by atoms with Crippen molar-refractivity contribution >= 4 is 23.4 Å². The Bertz CT molecular complexity index is 688. The van der Waals surface area contributed by atoms with Crippen molar-refractivity contribution in [1.82, 2.24) is 9.80 Å². The van der Waals surface area contributed by atoms with Gasteiger partial charge in [-0.2, -0.15) is 0 Å². The maximum absolute atomic E-state index is 12.8. The van der Waals surface area contributed by atoms with Gasteiger partial charge in [0.2, 0.25) is 5.91 Å². The molecule has 2 heterocycles. The average molecular weight is 331 g/mol. The van der Waals surface area contributed by atoms with E-state index >= 15 is 0 Å². The minimum Gasteiger partial charge on any atom is -0.482 e. The Morgan fingerprint density at radius 2 is 1.79 bits per heavy atom. The summed E-state index contributed by atoms with van der Waals surface area (Å²) in [7, 11) is 1.68. The van der Waals surface area contributed by atoms with Gasteiger partial charge in [0.15, 0.2) is 6.61 Å². The molecular weight excluding hydrogens is 310 g/mol. The van der Waals surface area contributed by atoms with E-state index in [0.29, 0.717) is 43.2 Å². The number of ether oxygens (including phenoxy) is 1. The molecule has 0 aliphatic carbocycles. The van der Waals surface area contributed by atoms with Crippen molar-refractivity contribution in [1.29, 1.82) is 0 Å². The number of likely N-dealkylation sites (N-methyl/N-ethyl adjacent to an activating group) is 1. The minimum absolute atomic E-state index is 0.0177. The van der Waals surface area contributed by atoms with Gasteiger partial charge in [0.1, 0.15) is 5.75 Å². The largest absolute Gasteiger partial charge is 0.482 e. The highest BCUT2D eigenvalue weighted by molar-refractivity contribution is 6.01. The molecule has 0 spiro atoms. The predicted octanol–water partition coefficient (Wildman–Crippen LogP) is 0.736. The van der Waals surface area contributed by atoms with Crippen LogP contribution >= 0.6 is 0 Å². The monoisotopic (exact) mass is 331 g/mol. The van der Waals surface area contributed by atoms with Gasteiger partial charge in [0.05, 0.1) is 5.69 Å². The highest BCUT2D eigenvalue weighted by atomic mass is 16.5. The molecule has 1 fully saturated rings. The Morgan fingerprint density at radius 1 is 1.08 bits per heavy atom. The van der Waals surface area contributed by atoms with Crippen LogP contribution in [0.4, 0.5) is 5.69 Å². The lowest BCUT2D eigenvalue weighted by molar-refractivity contribution is -0.128. The second-order valence-corrected chi connectivity index (χ2v) is 6.08. The lowest BCUT2D eigenvalue weighted by Gasteiger charge is -2.27. The Hall–Kier alpha value is -2.57. The molecule has 0 radical (unpaired) electrons. The molecule has 0 unspecified atom stereocenters. The molecule has 2 aliphatic heterocycles. The zero-order chi connectivity index (χ0) is 17.3. The summed E-state index contributed by atoms with van der Waals surface area (Å²) in [5.41, 5.74) is 1.13. The lowest BCUT2D eigenvalue weighted by atomic mass is 10.1. The third kappa shape index (κ3) is 3.06. The highest BCUT2D eigenvalue weighted by Gasteiger charge is 2.26. The molecule has 1 aromatic carbocycles. The van der Waals surface area contributed by atoms with Crippen molar-refractivity contribution in [3.05, 3.63) is 23.8 Å². The van der Waals surface area contributed by atoms with E-state index in [1.165, 1.54) is 4.90 Å². The maximum atomic E-state index is 12.8. The van der Waals surface area contributed by atoms with Crippen LogP contribution in [0.2, 0.25) is 0 Å². The molecule has 0 saturated carbocycles. The van der Waals surface area contributed by atoms with Crippen molar-refractivity contribution < 1.29 is 19.1 Å². The van der Waals surface area contributed by atoms with E-state index in [0.717, 1.165) is 6.42 Å². The number of anilines is 1. The predicted molar refractivity (Wildman–Crippen MR) is 88.1 cm³/mol. The van der Waals surface area contributed by atoms with Gasteiger partial charge in [-0.1, -0.05) is 0 Å². The number of rotatable bonds is 1. The highest BCUT2D eigenvalue weighted by Crippen LogP contribution is 2.32. The minimum atomic E-state index is -0.140. The van der Waals surface area contributed by atoms with Gasteiger partial charge >= 0.3 is 0 Å². The standard InChI is InChI=1S/C17H21N3O4/c1-12(21)19-6-3-7-20(9-8-19)17(23)13-4-5-15-14(10-13)18(2)16(22)11-24-15/h4-5,10H,3,6-9,11H2,1-2H3. The van der Waals surface area contributed by atoms with E-state index in [1.807, 2.05) is 0 Å². The normalized spacial score (nSPS) is 17.9. The van der Waals surface area contributed by atoms with Crippen molar-refractivity contribution in [2.24, 2.45) is 0 Å². The molecule has 0 N–H and O–H groups in total. The molecule has 0 aromatic heterocycles. The number of fused-ring (bicyclic) bond motifs is 1. The summed E-state index contributed by atoms with van der Waals surface area (Å²) < 4.78 is 5.39. The summed E-state index contributed by atoms with van der Waals surface area (Å²) in [6.45, 7) is 3.92. The van der Waals surface area contributed by atoms with Crippen LogP contribution in [0.1, 0.15) is 23.7 Å². The van der Waals surface area contributed by atoms with E-state index in [9.17, 15) is 14.4 Å². The third-order valence-corrected chi connectivity index (χ3v) is 4.52. The number of amides is 3. The summed E-state index contributed by atoms with van der Waals surface area (Å²) in [6, 6.07) is 5.14. The first-order chi connectivity index (χ1) is 11.5. The molecule has 0 atom stereocenters. The molecule has 7 nitrogen and oxygen atoms in total. The smallest absolute Gasteiger partial charge is 0.264 e. The quantitative estimate of drug-likeness (QED) is 0.761. The fourth-order valence-electron chi connectivity index (χ4n) is 3.02. The van der Waals surface area contributed by atoms with Crippen molar-refractivity contribution in [2.45, 2.75) is 13.3 Å². The zero-order valence-corrected chi connectivity index (χ0v) is 13.9. The zero-order valence-electron chi connectivity index (χ0n) is 13.9. The molecule has 3 amide bonds. The van der Waals surface area contributed by atoms with Gasteiger partial charge in [-0.15, -0.1) is 0 Å². The van der Waals surface area contributed by atoms with E-state index in [4.69, 9.17) is 4.74 Å². The fraction of sp³-hybridized carbons (Fsp3) is 0.471. The molecule has 0 bridgehead atoms. The number of hydrogen-bond donors (Lipinski definition) is 0. The second-order valence-electron chi connectivity index (χ2n) is 6.08. The molecule has 24 heavy (non-hydrogen) atoms. The van der Waals surface area contributed by atoms with Gasteiger partial charge in [-0.05, 0) is 24.6 Å². The van der Waals surface area contributed by atoms with Crippen LogP contribution in [-0.4, -0.2) is 67.4 Å². The maximum Gasteiger partial charge on any atom is 0.264 e. The van der Waals surface area contributed by atoms with Crippen LogP contribution in [0, 0.1) is 0 Å². The van der Waals surface area contributed by atoms with Crippen LogP contribution in [0.3, 0.4) is 0 Å². The Labute approximate surface area is 140 Å². The topological polar surface area (TPSA) is 70.2 Å². The number of hydrogen-bond acceptors (Lipinski definition) is 4. The summed E-state index contributed by atoms with van der Waals surface area (Å²) >= 11 is 0. The molecule has 128 valence electrons. The average Bonchev–Trinajstić information content (AvgIpc) is 2.83. The Morgan fingerprint density at radius 3 is 2.54 bits per heavy atom. The van der Waals surface area contributed by atoms with Gasteiger partial charge in [-0.25, -0.2) is 0 Å². The molecule has 7 heteroatoms. The van der Waals surface area contributed by atoms with Crippen molar-refractivity contribution in [2.75, 3.05) is 44.7 Å². The van der Waals surface area contributed by atoms with Crippen LogP contribution < -0.4 is 9.64 Å². The van der Waals surface area contributed by atoms with E-state index < -0.39 is 0 Å². The summed E-state index contributed by atoms with van der Waals surface area (Å²) in [5, 5.41) is 0. The Kier molecular flexibility index (Phi) is 4.42. The first-order valence-corrected chi connectivity index (χ1v) is 8.05. The van der Waals surface area contributed by atoms with Crippen LogP contribution in [-0.2, 0) is 9.59 Å². The summed E-state index contributed by atoms with van der Waals surface area (Å²) in [5.74, 6) is 0.413. The first kappa shape index (κ1) is 16.3. The summed E-state index contributed by atoms with van der Waals surface area (Å²) in [4.78, 5) is 41.1. The SMILES string of the molecule is CC(=O)N1CCCN(C(=O)c2ccc3c(c2)N(C)C(=O)CO3)CC1. The first-order valence-electron chi connectivity index (χ1n) is 8.05. The van der Waals surface area contributed by atoms with Gasteiger partial charge < -0.3 is 19.4 Å². The van der Waals surface area contributed by atoms with Gasteiger partial charge in [0.25, 0.3) is 11.8 Å².